The summed E-state index contributed by atoms with van der Waals surface area (Å²) in [6.45, 7) is 5.33. The molecule has 1 heterocycles. The Labute approximate surface area is 115 Å². The molecule has 1 aliphatic carbocycles. The normalized spacial score (nSPS) is 22.7. The highest BCUT2D eigenvalue weighted by Gasteiger charge is 2.41. The van der Waals surface area contributed by atoms with Gasteiger partial charge < -0.3 is 10.0 Å². The van der Waals surface area contributed by atoms with Crippen LogP contribution in [-0.2, 0) is 9.59 Å². The van der Waals surface area contributed by atoms with E-state index in [0.29, 0.717) is 31.8 Å². The number of hydrogen-bond acceptors (Lipinski definition) is 2. The smallest absolute Gasteiger partial charge is 0.306 e. The van der Waals surface area contributed by atoms with Crippen LogP contribution in [0.5, 0.6) is 0 Å². The maximum atomic E-state index is 12.7. The Hall–Kier alpha value is -1.06. The number of aliphatic carboxylic acids is 1. The summed E-state index contributed by atoms with van der Waals surface area (Å²) in [6, 6.07) is 0. The molecular weight excluding hydrogens is 242 g/mol. The molecule has 0 aromatic heterocycles. The summed E-state index contributed by atoms with van der Waals surface area (Å²) in [4.78, 5) is 25.5. The van der Waals surface area contributed by atoms with E-state index in [4.69, 9.17) is 5.11 Å². The third kappa shape index (κ3) is 2.93. The number of rotatable bonds is 3. The zero-order valence-corrected chi connectivity index (χ0v) is 12.0. The lowest BCUT2D eigenvalue weighted by molar-refractivity contribution is -0.150. The lowest BCUT2D eigenvalue weighted by Crippen LogP contribution is -2.48. The lowest BCUT2D eigenvalue weighted by Gasteiger charge is -2.38. The molecule has 0 unspecified atom stereocenters. The van der Waals surface area contributed by atoms with Gasteiger partial charge in [-0.05, 0) is 31.6 Å². The summed E-state index contributed by atoms with van der Waals surface area (Å²) in [7, 11) is 0. The molecule has 1 saturated heterocycles. The van der Waals surface area contributed by atoms with Gasteiger partial charge in [0, 0.05) is 18.5 Å². The largest absolute Gasteiger partial charge is 0.481 e. The van der Waals surface area contributed by atoms with Crippen molar-refractivity contribution in [2.45, 2.75) is 52.4 Å². The molecule has 0 aromatic rings. The number of hydrogen-bond donors (Lipinski definition) is 1. The van der Waals surface area contributed by atoms with Crippen LogP contribution in [0.25, 0.3) is 0 Å². The Bertz CT molecular complexity index is 350. The molecule has 4 nitrogen and oxygen atoms in total. The van der Waals surface area contributed by atoms with Crippen LogP contribution in [0.4, 0.5) is 0 Å². The Balaban J connectivity index is 1.95. The summed E-state index contributed by atoms with van der Waals surface area (Å²) >= 11 is 0. The van der Waals surface area contributed by atoms with Crippen LogP contribution in [0.1, 0.15) is 52.4 Å². The van der Waals surface area contributed by atoms with Gasteiger partial charge in [-0.15, -0.1) is 0 Å². The van der Waals surface area contributed by atoms with Gasteiger partial charge in [0.2, 0.25) is 5.91 Å². The molecule has 108 valence electrons. The van der Waals surface area contributed by atoms with Crippen LogP contribution in [-0.4, -0.2) is 35.0 Å². The van der Waals surface area contributed by atoms with Gasteiger partial charge in [0.05, 0.1) is 5.92 Å². The molecule has 1 N–H and O–H groups in total. The molecule has 1 saturated carbocycles. The maximum Gasteiger partial charge on any atom is 0.306 e. The Morgan fingerprint density at radius 1 is 1.05 bits per heavy atom. The van der Waals surface area contributed by atoms with E-state index in [0.717, 1.165) is 12.8 Å². The maximum absolute atomic E-state index is 12.7. The highest BCUT2D eigenvalue weighted by molar-refractivity contribution is 5.82. The molecular formula is C15H25NO3. The van der Waals surface area contributed by atoms with Crippen LogP contribution < -0.4 is 0 Å². The van der Waals surface area contributed by atoms with Crippen molar-refractivity contribution in [3.63, 3.8) is 0 Å². The number of piperidine rings is 1. The molecule has 2 rings (SSSR count). The van der Waals surface area contributed by atoms with E-state index >= 15 is 0 Å². The SMILES string of the molecule is CC(C)(C(=O)N1CCC(C(=O)O)CC1)C1CCCC1. The van der Waals surface area contributed by atoms with Crippen LogP contribution in [0.15, 0.2) is 0 Å². The number of carbonyl (C=O) groups is 2. The zero-order valence-electron chi connectivity index (χ0n) is 12.0. The van der Waals surface area contributed by atoms with E-state index < -0.39 is 5.97 Å². The highest BCUT2D eigenvalue weighted by atomic mass is 16.4. The van der Waals surface area contributed by atoms with Gasteiger partial charge >= 0.3 is 5.97 Å². The second kappa shape index (κ2) is 5.51. The topological polar surface area (TPSA) is 57.6 Å². The van der Waals surface area contributed by atoms with Gasteiger partial charge in [-0.25, -0.2) is 0 Å². The van der Waals surface area contributed by atoms with Crippen molar-refractivity contribution in [3.05, 3.63) is 0 Å². The molecule has 2 fully saturated rings. The van der Waals surface area contributed by atoms with Crippen LogP contribution in [0.3, 0.4) is 0 Å². The van der Waals surface area contributed by atoms with E-state index in [1.807, 2.05) is 4.90 Å². The van der Waals surface area contributed by atoms with Gasteiger partial charge in [-0.2, -0.15) is 0 Å². The fourth-order valence-electron chi connectivity index (χ4n) is 3.56. The van der Waals surface area contributed by atoms with Crippen molar-refractivity contribution < 1.29 is 14.7 Å². The molecule has 19 heavy (non-hydrogen) atoms. The van der Waals surface area contributed by atoms with Crippen molar-refractivity contribution in [3.8, 4) is 0 Å². The minimum Gasteiger partial charge on any atom is -0.481 e. The predicted molar refractivity (Wildman–Crippen MR) is 72.7 cm³/mol. The van der Waals surface area contributed by atoms with Gasteiger partial charge in [-0.3, -0.25) is 9.59 Å². The standard InChI is InChI=1S/C15H25NO3/c1-15(2,12-5-3-4-6-12)14(19)16-9-7-11(8-10-16)13(17)18/h11-12H,3-10H2,1-2H3,(H,17,18). The highest BCUT2D eigenvalue weighted by Crippen LogP contribution is 2.41. The average Bonchev–Trinajstić information content (AvgIpc) is 2.92. The first-order valence-corrected chi connectivity index (χ1v) is 7.45. The van der Waals surface area contributed by atoms with Crippen LogP contribution in [0.2, 0.25) is 0 Å². The summed E-state index contributed by atoms with van der Waals surface area (Å²) in [6.07, 6.45) is 5.99. The quantitative estimate of drug-likeness (QED) is 0.855. The summed E-state index contributed by atoms with van der Waals surface area (Å²) in [5.41, 5.74) is -0.285. The summed E-state index contributed by atoms with van der Waals surface area (Å²) < 4.78 is 0. The van der Waals surface area contributed by atoms with E-state index in [1.54, 1.807) is 0 Å². The third-order valence-corrected chi connectivity index (χ3v) is 5.06. The number of carbonyl (C=O) groups excluding carboxylic acids is 1. The molecule has 4 heteroatoms. The van der Waals surface area contributed by atoms with E-state index in [-0.39, 0.29) is 17.2 Å². The van der Waals surface area contributed by atoms with E-state index in [1.165, 1.54) is 12.8 Å². The number of likely N-dealkylation sites (tertiary alicyclic amines) is 1. The molecule has 0 spiro atoms. The summed E-state index contributed by atoms with van der Waals surface area (Å²) in [5.74, 6) is -0.263. The summed E-state index contributed by atoms with van der Waals surface area (Å²) in [5, 5.41) is 8.99. The monoisotopic (exact) mass is 267 g/mol. The van der Waals surface area contributed by atoms with E-state index in [2.05, 4.69) is 13.8 Å². The third-order valence-electron chi connectivity index (χ3n) is 5.06. The fraction of sp³-hybridized carbons (Fsp3) is 0.867. The second-order valence-corrected chi connectivity index (χ2v) is 6.61. The molecule has 0 aromatic carbocycles. The Kier molecular flexibility index (Phi) is 4.16. The first-order valence-electron chi connectivity index (χ1n) is 7.45. The number of amides is 1. The van der Waals surface area contributed by atoms with Crippen LogP contribution >= 0.6 is 0 Å². The minimum absolute atomic E-state index is 0.225. The first kappa shape index (κ1) is 14.4. The molecule has 0 atom stereocenters. The zero-order chi connectivity index (χ0) is 14.0. The van der Waals surface area contributed by atoms with Crippen molar-refractivity contribution >= 4 is 11.9 Å². The lowest BCUT2D eigenvalue weighted by atomic mass is 9.76. The Morgan fingerprint density at radius 2 is 1.58 bits per heavy atom. The number of nitrogens with zero attached hydrogens (tertiary/aromatic N) is 1. The molecule has 0 bridgehead atoms. The van der Waals surface area contributed by atoms with Gasteiger partial charge in [0.1, 0.15) is 0 Å². The van der Waals surface area contributed by atoms with E-state index in [9.17, 15) is 9.59 Å². The van der Waals surface area contributed by atoms with Crippen molar-refractivity contribution in [2.24, 2.45) is 17.3 Å². The minimum atomic E-state index is -0.720. The van der Waals surface area contributed by atoms with Gasteiger partial charge in [0.25, 0.3) is 0 Å². The van der Waals surface area contributed by atoms with Crippen molar-refractivity contribution in [2.75, 3.05) is 13.1 Å². The molecule has 0 radical (unpaired) electrons. The first-order chi connectivity index (χ1) is 8.93. The molecule has 1 aliphatic heterocycles. The number of carboxylic acids is 1. The van der Waals surface area contributed by atoms with Crippen LogP contribution in [0, 0.1) is 17.3 Å². The van der Waals surface area contributed by atoms with Gasteiger partial charge in [0.15, 0.2) is 0 Å². The Morgan fingerprint density at radius 3 is 2.05 bits per heavy atom. The average molecular weight is 267 g/mol. The van der Waals surface area contributed by atoms with Crippen molar-refractivity contribution in [1.29, 1.82) is 0 Å². The predicted octanol–water partition coefficient (Wildman–Crippen LogP) is 2.53. The van der Waals surface area contributed by atoms with Crippen molar-refractivity contribution in [1.82, 2.24) is 4.90 Å². The van der Waals surface area contributed by atoms with Gasteiger partial charge in [-0.1, -0.05) is 26.7 Å². The molecule has 2 aliphatic rings. The fourth-order valence-corrected chi connectivity index (χ4v) is 3.56. The second-order valence-electron chi connectivity index (χ2n) is 6.61. The number of carboxylic acid groups (broad SMARTS) is 1. The molecule has 1 amide bonds.